The SMILES string of the molecule is CCC(NC(C)c1ncc(C)s1)C1CC1. The van der Waals surface area contributed by atoms with Crippen LogP contribution >= 0.6 is 11.3 Å². The molecular formula is C12H20N2S. The second kappa shape index (κ2) is 4.62. The highest BCUT2D eigenvalue weighted by Gasteiger charge is 2.30. The molecule has 84 valence electrons. The van der Waals surface area contributed by atoms with E-state index < -0.39 is 0 Å². The van der Waals surface area contributed by atoms with E-state index in [1.54, 1.807) is 11.3 Å². The molecule has 0 amide bonds. The van der Waals surface area contributed by atoms with Crippen LogP contribution in [0.1, 0.15) is 49.0 Å². The van der Waals surface area contributed by atoms with Crippen LogP contribution in [0.2, 0.25) is 0 Å². The maximum Gasteiger partial charge on any atom is 0.109 e. The van der Waals surface area contributed by atoms with Crippen LogP contribution in [-0.2, 0) is 0 Å². The maximum atomic E-state index is 4.44. The molecule has 1 saturated carbocycles. The van der Waals surface area contributed by atoms with Crippen molar-refractivity contribution in [1.29, 1.82) is 0 Å². The summed E-state index contributed by atoms with van der Waals surface area (Å²) < 4.78 is 0. The van der Waals surface area contributed by atoms with E-state index in [1.807, 2.05) is 6.20 Å². The number of aryl methyl sites for hydroxylation is 1. The molecule has 1 heterocycles. The van der Waals surface area contributed by atoms with Gasteiger partial charge in [0.25, 0.3) is 0 Å². The first-order chi connectivity index (χ1) is 7.20. The lowest BCUT2D eigenvalue weighted by Crippen LogP contribution is -2.32. The normalized spacial score (nSPS) is 20.2. The van der Waals surface area contributed by atoms with E-state index in [4.69, 9.17) is 0 Å². The summed E-state index contributed by atoms with van der Waals surface area (Å²) in [6, 6.07) is 1.11. The Bertz CT molecular complexity index is 317. The summed E-state index contributed by atoms with van der Waals surface area (Å²) in [5.41, 5.74) is 0. The summed E-state index contributed by atoms with van der Waals surface area (Å²) in [6.45, 7) is 6.62. The van der Waals surface area contributed by atoms with Gasteiger partial charge in [0.2, 0.25) is 0 Å². The van der Waals surface area contributed by atoms with Crippen LogP contribution in [0.15, 0.2) is 6.20 Å². The maximum absolute atomic E-state index is 4.44. The Morgan fingerprint density at radius 1 is 1.60 bits per heavy atom. The van der Waals surface area contributed by atoms with Gasteiger partial charge in [0, 0.05) is 17.1 Å². The molecule has 2 unspecified atom stereocenters. The van der Waals surface area contributed by atoms with Crippen LogP contribution in [-0.4, -0.2) is 11.0 Å². The Morgan fingerprint density at radius 2 is 2.33 bits per heavy atom. The quantitative estimate of drug-likeness (QED) is 0.830. The summed E-state index contributed by atoms with van der Waals surface area (Å²) in [4.78, 5) is 5.74. The van der Waals surface area contributed by atoms with Crippen molar-refractivity contribution < 1.29 is 0 Å². The number of hydrogen-bond donors (Lipinski definition) is 1. The number of hydrogen-bond acceptors (Lipinski definition) is 3. The number of aromatic nitrogens is 1. The average Bonchev–Trinajstić information content (AvgIpc) is 2.97. The highest BCUT2D eigenvalue weighted by Crippen LogP contribution is 2.35. The van der Waals surface area contributed by atoms with Gasteiger partial charge in [0.15, 0.2) is 0 Å². The minimum Gasteiger partial charge on any atom is -0.305 e. The fraction of sp³-hybridized carbons (Fsp3) is 0.750. The largest absolute Gasteiger partial charge is 0.305 e. The number of thiazole rings is 1. The molecule has 3 heteroatoms. The van der Waals surface area contributed by atoms with Crippen LogP contribution in [0.5, 0.6) is 0 Å². The second-order valence-corrected chi connectivity index (χ2v) is 5.82. The van der Waals surface area contributed by atoms with Crippen LogP contribution in [0, 0.1) is 12.8 Å². The molecule has 1 aliphatic carbocycles. The fourth-order valence-electron chi connectivity index (χ4n) is 2.05. The molecule has 0 bridgehead atoms. The topological polar surface area (TPSA) is 24.9 Å². The van der Waals surface area contributed by atoms with Crippen molar-refractivity contribution in [2.24, 2.45) is 5.92 Å². The summed E-state index contributed by atoms with van der Waals surface area (Å²) in [5, 5.41) is 4.93. The molecule has 2 rings (SSSR count). The zero-order chi connectivity index (χ0) is 10.8. The van der Waals surface area contributed by atoms with Crippen LogP contribution in [0.25, 0.3) is 0 Å². The molecule has 0 radical (unpaired) electrons. The van der Waals surface area contributed by atoms with E-state index in [0.717, 1.165) is 5.92 Å². The zero-order valence-corrected chi connectivity index (χ0v) is 10.6. The van der Waals surface area contributed by atoms with Crippen molar-refractivity contribution in [3.8, 4) is 0 Å². The Morgan fingerprint density at radius 3 is 2.80 bits per heavy atom. The Hall–Kier alpha value is -0.410. The molecule has 1 fully saturated rings. The highest BCUT2D eigenvalue weighted by molar-refractivity contribution is 7.11. The van der Waals surface area contributed by atoms with Gasteiger partial charge in [0.1, 0.15) is 5.01 Å². The van der Waals surface area contributed by atoms with Gasteiger partial charge in [-0.1, -0.05) is 6.92 Å². The summed E-state index contributed by atoms with van der Waals surface area (Å²) in [5.74, 6) is 0.929. The molecule has 0 spiro atoms. The van der Waals surface area contributed by atoms with Gasteiger partial charge in [-0.3, -0.25) is 0 Å². The van der Waals surface area contributed by atoms with Crippen molar-refractivity contribution in [1.82, 2.24) is 10.3 Å². The lowest BCUT2D eigenvalue weighted by molar-refractivity contribution is 0.404. The van der Waals surface area contributed by atoms with Crippen molar-refractivity contribution in [2.75, 3.05) is 0 Å². The van der Waals surface area contributed by atoms with E-state index in [2.05, 4.69) is 31.1 Å². The third-order valence-corrected chi connectivity index (χ3v) is 4.20. The average molecular weight is 224 g/mol. The van der Waals surface area contributed by atoms with Gasteiger partial charge in [-0.25, -0.2) is 4.98 Å². The molecule has 1 aromatic rings. The van der Waals surface area contributed by atoms with E-state index in [9.17, 15) is 0 Å². The van der Waals surface area contributed by atoms with Gasteiger partial charge in [-0.2, -0.15) is 0 Å². The van der Waals surface area contributed by atoms with Gasteiger partial charge in [-0.05, 0) is 39.0 Å². The Kier molecular flexibility index (Phi) is 3.42. The third-order valence-electron chi connectivity index (χ3n) is 3.10. The molecule has 1 N–H and O–H groups in total. The van der Waals surface area contributed by atoms with Crippen LogP contribution < -0.4 is 5.32 Å². The van der Waals surface area contributed by atoms with Crippen molar-refractivity contribution >= 4 is 11.3 Å². The zero-order valence-electron chi connectivity index (χ0n) is 9.79. The fourth-order valence-corrected chi connectivity index (χ4v) is 2.84. The smallest absolute Gasteiger partial charge is 0.109 e. The summed E-state index contributed by atoms with van der Waals surface area (Å²) >= 11 is 1.81. The lowest BCUT2D eigenvalue weighted by Gasteiger charge is -2.20. The number of rotatable bonds is 5. The van der Waals surface area contributed by atoms with Crippen LogP contribution in [0.4, 0.5) is 0 Å². The van der Waals surface area contributed by atoms with E-state index in [1.165, 1.54) is 29.1 Å². The first kappa shape index (κ1) is 11.1. The predicted molar refractivity (Wildman–Crippen MR) is 65.2 cm³/mol. The van der Waals surface area contributed by atoms with Crippen molar-refractivity contribution in [3.05, 3.63) is 16.1 Å². The third kappa shape index (κ3) is 2.79. The molecular weight excluding hydrogens is 204 g/mol. The number of nitrogens with one attached hydrogen (secondary N) is 1. The molecule has 2 atom stereocenters. The molecule has 15 heavy (non-hydrogen) atoms. The lowest BCUT2D eigenvalue weighted by atomic mass is 10.1. The standard InChI is InChI=1S/C12H20N2S/c1-4-11(10-5-6-10)14-9(3)12-13-7-8(2)15-12/h7,9-11,14H,4-6H2,1-3H3. The Balaban J connectivity index is 1.92. The van der Waals surface area contributed by atoms with Crippen molar-refractivity contribution in [3.63, 3.8) is 0 Å². The molecule has 1 aromatic heterocycles. The Labute approximate surface area is 96.1 Å². The highest BCUT2D eigenvalue weighted by atomic mass is 32.1. The first-order valence-electron chi connectivity index (χ1n) is 5.89. The van der Waals surface area contributed by atoms with Crippen molar-refractivity contribution in [2.45, 2.75) is 52.1 Å². The molecule has 1 aliphatic rings. The van der Waals surface area contributed by atoms with E-state index in [-0.39, 0.29) is 0 Å². The van der Waals surface area contributed by atoms with Gasteiger partial charge in [-0.15, -0.1) is 11.3 Å². The van der Waals surface area contributed by atoms with Crippen LogP contribution in [0.3, 0.4) is 0 Å². The molecule has 2 nitrogen and oxygen atoms in total. The van der Waals surface area contributed by atoms with Gasteiger partial charge < -0.3 is 5.32 Å². The van der Waals surface area contributed by atoms with E-state index in [0.29, 0.717) is 12.1 Å². The summed E-state index contributed by atoms with van der Waals surface area (Å²) in [7, 11) is 0. The molecule has 0 aliphatic heterocycles. The predicted octanol–water partition coefficient (Wildman–Crippen LogP) is 3.29. The minimum atomic E-state index is 0.411. The monoisotopic (exact) mass is 224 g/mol. The van der Waals surface area contributed by atoms with Gasteiger partial charge in [0.05, 0.1) is 6.04 Å². The van der Waals surface area contributed by atoms with E-state index >= 15 is 0 Å². The second-order valence-electron chi connectivity index (χ2n) is 4.55. The molecule has 0 aromatic carbocycles. The number of nitrogens with zero attached hydrogens (tertiary/aromatic N) is 1. The molecule has 0 saturated heterocycles. The van der Waals surface area contributed by atoms with Gasteiger partial charge >= 0.3 is 0 Å². The minimum absolute atomic E-state index is 0.411. The summed E-state index contributed by atoms with van der Waals surface area (Å²) in [6.07, 6.45) is 6.03. The first-order valence-corrected chi connectivity index (χ1v) is 6.70.